The van der Waals surface area contributed by atoms with E-state index < -0.39 is 0 Å². The number of hydrogen-bond acceptors (Lipinski definition) is 5. The molecule has 2 aromatic heterocycles. The molecule has 0 saturated carbocycles. The molecule has 0 fully saturated rings. The molecule has 0 spiro atoms. The number of rotatable bonds is 6. The molecule has 3 aromatic rings. The molecule has 0 bridgehead atoms. The number of anilines is 1. The number of furan rings is 1. The van der Waals surface area contributed by atoms with Gasteiger partial charge in [0, 0.05) is 54.2 Å². The molecule has 0 saturated heterocycles. The fourth-order valence-corrected chi connectivity index (χ4v) is 4.31. The number of fused-ring (bicyclic) bond motifs is 2. The van der Waals surface area contributed by atoms with Gasteiger partial charge in [-0.25, -0.2) is 4.98 Å². The first-order valence-electron chi connectivity index (χ1n) is 9.86. The second-order valence-corrected chi connectivity index (χ2v) is 7.77. The Morgan fingerprint density at radius 3 is 2.75 bits per heavy atom. The van der Waals surface area contributed by atoms with Crippen LogP contribution in [0.5, 0.6) is 0 Å². The molecule has 1 aliphatic rings. The maximum absolute atomic E-state index is 12.1. The van der Waals surface area contributed by atoms with Crippen LogP contribution in [0.1, 0.15) is 31.7 Å². The van der Waals surface area contributed by atoms with Gasteiger partial charge in [0.05, 0.1) is 6.54 Å². The third-order valence-electron chi connectivity index (χ3n) is 5.55. The number of nitrogens with zero attached hydrogens (tertiary/aromatic N) is 3. The standard InChI is InChI=1S/C23H24N3O3P.2Na.2H/c1-15-18-5-3-4-6-20(18)29-21(15)13-25(2)19(9-10-27)17-11-16-7-8-22(28)26(14-30)23(16)24-12-17;;;;/h3-6,9-12H,7-8,13-14,30H2,1-2H3;;;;/q;2*+1;2*-1/b19-9+;;;;. The smallest absolute Gasteiger partial charge is 1.00 e. The SMILES string of the molecule is Cc1c(CN(C)/C(=C/C=O)c2cnc3c(c2)CCC(=O)N3CP)oc2ccccc12.[H-].[H-].[Na+].[Na+]. The number of aldehydes is 1. The van der Waals surface area contributed by atoms with Crippen LogP contribution in [0, 0.1) is 6.92 Å². The summed E-state index contributed by atoms with van der Waals surface area (Å²) in [5.41, 5.74) is 4.57. The van der Waals surface area contributed by atoms with E-state index in [1.54, 1.807) is 17.2 Å². The van der Waals surface area contributed by atoms with Gasteiger partial charge >= 0.3 is 59.1 Å². The minimum atomic E-state index is 0. The van der Waals surface area contributed by atoms with E-state index in [1.807, 2.05) is 49.2 Å². The van der Waals surface area contributed by atoms with Crippen LogP contribution in [0.15, 0.2) is 47.0 Å². The monoisotopic (exact) mass is 469 g/mol. The topological polar surface area (TPSA) is 66.7 Å². The molecule has 158 valence electrons. The van der Waals surface area contributed by atoms with Crippen molar-refractivity contribution in [1.29, 1.82) is 0 Å². The van der Waals surface area contributed by atoms with Gasteiger partial charge in [0.1, 0.15) is 23.4 Å². The van der Waals surface area contributed by atoms with E-state index >= 15 is 0 Å². The maximum Gasteiger partial charge on any atom is 1.00 e. The molecule has 0 radical (unpaired) electrons. The first kappa shape index (κ1) is 27.3. The number of carbonyl (C=O) groups excluding carboxylic acids is 2. The molecular weight excluding hydrogens is 443 g/mol. The Morgan fingerprint density at radius 1 is 1.31 bits per heavy atom. The van der Waals surface area contributed by atoms with Crippen molar-refractivity contribution in [3.05, 3.63) is 65.1 Å². The minimum Gasteiger partial charge on any atom is -1.00 e. The van der Waals surface area contributed by atoms with E-state index in [-0.39, 0.29) is 67.9 Å². The van der Waals surface area contributed by atoms with Gasteiger partial charge in [-0.2, -0.15) is 0 Å². The zero-order valence-corrected chi connectivity index (χ0v) is 24.2. The molecule has 32 heavy (non-hydrogen) atoms. The van der Waals surface area contributed by atoms with E-state index in [4.69, 9.17) is 4.42 Å². The van der Waals surface area contributed by atoms with Crippen molar-refractivity contribution in [2.24, 2.45) is 0 Å². The summed E-state index contributed by atoms with van der Waals surface area (Å²) in [4.78, 5) is 31.7. The minimum absolute atomic E-state index is 0. The van der Waals surface area contributed by atoms with Crippen molar-refractivity contribution in [3.63, 3.8) is 0 Å². The van der Waals surface area contributed by atoms with Crippen molar-refractivity contribution < 1.29 is 76.0 Å². The fourth-order valence-electron chi connectivity index (χ4n) is 3.94. The van der Waals surface area contributed by atoms with E-state index in [0.29, 0.717) is 31.5 Å². The summed E-state index contributed by atoms with van der Waals surface area (Å²) in [5, 5.41) is 1.10. The number of allylic oxidation sites excluding steroid dienone is 1. The summed E-state index contributed by atoms with van der Waals surface area (Å²) in [7, 11) is 4.51. The van der Waals surface area contributed by atoms with Crippen LogP contribution in [0.3, 0.4) is 0 Å². The van der Waals surface area contributed by atoms with E-state index in [0.717, 1.165) is 45.4 Å². The molecule has 4 rings (SSSR count). The first-order valence-corrected chi connectivity index (χ1v) is 10.7. The Hall–Kier alpha value is -0.980. The van der Waals surface area contributed by atoms with E-state index in [1.165, 1.54) is 0 Å². The van der Waals surface area contributed by atoms with Crippen molar-refractivity contribution in [2.45, 2.75) is 26.3 Å². The normalized spacial score (nSPS) is 13.3. The number of hydrogen-bond donors (Lipinski definition) is 0. The molecule has 1 amide bonds. The Bertz CT molecular complexity index is 1170. The zero-order valence-electron chi connectivity index (χ0n) is 21.1. The molecule has 1 aliphatic heterocycles. The zero-order chi connectivity index (χ0) is 21.3. The second-order valence-electron chi connectivity index (χ2n) is 7.40. The van der Waals surface area contributed by atoms with Gasteiger partial charge in [0.15, 0.2) is 0 Å². The average Bonchev–Trinajstić information content (AvgIpc) is 3.07. The summed E-state index contributed by atoms with van der Waals surface area (Å²) in [6.45, 7) is 2.57. The molecule has 0 aliphatic carbocycles. The summed E-state index contributed by atoms with van der Waals surface area (Å²) >= 11 is 0. The van der Waals surface area contributed by atoms with Gasteiger partial charge in [-0.15, -0.1) is 9.24 Å². The summed E-state index contributed by atoms with van der Waals surface area (Å²) < 4.78 is 6.05. The number of amides is 1. The second kappa shape index (κ2) is 11.9. The Kier molecular flexibility index (Phi) is 10.2. The molecule has 1 aromatic carbocycles. The quantitative estimate of drug-likeness (QED) is 0.184. The van der Waals surface area contributed by atoms with Gasteiger partial charge in [0.2, 0.25) is 5.91 Å². The molecule has 0 N–H and O–H groups in total. The number of pyridine rings is 1. The molecular formula is C23H26N3Na2O3P. The fraction of sp³-hybridized carbons (Fsp3) is 0.261. The van der Waals surface area contributed by atoms with Crippen molar-refractivity contribution in [2.75, 3.05) is 18.2 Å². The van der Waals surface area contributed by atoms with E-state index in [9.17, 15) is 9.59 Å². The van der Waals surface area contributed by atoms with Gasteiger partial charge in [0.25, 0.3) is 0 Å². The Labute approximate surface area is 237 Å². The van der Waals surface area contributed by atoms with Gasteiger partial charge in [-0.3, -0.25) is 14.5 Å². The van der Waals surface area contributed by atoms with Gasteiger partial charge in [-0.05, 0) is 31.0 Å². The number of carbonyl (C=O) groups is 2. The predicted molar refractivity (Wildman–Crippen MR) is 123 cm³/mol. The van der Waals surface area contributed by atoms with Gasteiger partial charge in [-0.1, -0.05) is 18.2 Å². The number of para-hydroxylation sites is 1. The van der Waals surface area contributed by atoms with Crippen LogP contribution in [0.2, 0.25) is 0 Å². The summed E-state index contributed by atoms with van der Waals surface area (Å²) in [5.74, 6) is 1.64. The van der Waals surface area contributed by atoms with Crippen LogP contribution in [-0.4, -0.2) is 35.4 Å². The van der Waals surface area contributed by atoms with Crippen molar-refractivity contribution >= 4 is 43.9 Å². The predicted octanol–water partition coefficient (Wildman–Crippen LogP) is -1.85. The summed E-state index contributed by atoms with van der Waals surface area (Å²) in [6.07, 6.45) is 5.69. The molecule has 1 unspecified atom stereocenters. The maximum atomic E-state index is 12.1. The van der Waals surface area contributed by atoms with Crippen LogP contribution in [0.25, 0.3) is 16.7 Å². The number of aryl methyl sites for hydroxylation is 2. The Balaban J connectivity index is 0.00000272. The van der Waals surface area contributed by atoms with Crippen LogP contribution >= 0.6 is 9.24 Å². The summed E-state index contributed by atoms with van der Waals surface area (Å²) in [6, 6.07) is 9.99. The third-order valence-corrected chi connectivity index (χ3v) is 5.91. The van der Waals surface area contributed by atoms with Gasteiger partial charge < -0.3 is 12.2 Å². The van der Waals surface area contributed by atoms with Crippen LogP contribution in [-0.2, 0) is 22.6 Å². The van der Waals surface area contributed by atoms with Crippen LogP contribution in [0.4, 0.5) is 5.82 Å². The molecule has 1 atom stereocenters. The molecule has 3 heterocycles. The first-order chi connectivity index (χ1) is 14.5. The number of aromatic nitrogens is 1. The molecule has 6 nitrogen and oxygen atoms in total. The van der Waals surface area contributed by atoms with Crippen molar-refractivity contribution in [3.8, 4) is 0 Å². The van der Waals surface area contributed by atoms with E-state index in [2.05, 4.69) is 14.2 Å². The van der Waals surface area contributed by atoms with Crippen LogP contribution < -0.4 is 64.0 Å². The largest absolute Gasteiger partial charge is 1.00 e. The third kappa shape index (κ3) is 5.39. The molecule has 9 heteroatoms. The number of benzene rings is 1. The average molecular weight is 469 g/mol. The Morgan fingerprint density at radius 2 is 2.06 bits per heavy atom. The van der Waals surface area contributed by atoms with Crippen molar-refractivity contribution in [1.82, 2.24) is 9.88 Å².